The maximum atomic E-state index is 12.3. The first-order chi connectivity index (χ1) is 8.51. The molecule has 0 saturated heterocycles. The highest BCUT2D eigenvalue weighted by Gasteiger charge is 2.19. The zero-order valence-corrected chi connectivity index (χ0v) is 11.9. The normalized spacial score (nSPS) is 10.4. The van der Waals surface area contributed by atoms with Crippen LogP contribution in [0.15, 0.2) is 12.1 Å². The van der Waals surface area contributed by atoms with Crippen LogP contribution in [0.1, 0.15) is 17.3 Å². The molecule has 1 rings (SSSR count). The largest absolute Gasteiger partial charge is 0.399 e. The Bertz CT molecular complexity index is 438. The van der Waals surface area contributed by atoms with Gasteiger partial charge in [-0.15, -0.1) is 0 Å². The van der Waals surface area contributed by atoms with Crippen LogP contribution < -0.4 is 5.73 Å². The maximum absolute atomic E-state index is 12.3. The van der Waals surface area contributed by atoms with Gasteiger partial charge < -0.3 is 15.4 Å². The summed E-state index contributed by atoms with van der Waals surface area (Å²) in [6, 6.07) is 3.05. The number of ether oxygens (including phenoxy) is 1. The molecule has 2 N–H and O–H groups in total. The summed E-state index contributed by atoms with van der Waals surface area (Å²) in [6.07, 6.45) is 0. The van der Waals surface area contributed by atoms with Crippen molar-refractivity contribution in [2.75, 3.05) is 32.5 Å². The smallest absolute Gasteiger partial charge is 0.255 e. The summed E-state index contributed by atoms with van der Waals surface area (Å²) in [7, 11) is 1.59. The van der Waals surface area contributed by atoms with E-state index in [-0.39, 0.29) is 16.0 Å². The standard InChI is InChI=1S/C12H16Cl2N2O2/c1-3-16(4-5-18-2)12(17)9-6-8(15)7-10(13)11(9)14/h6-7H,3-5,15H2,1-2H3. The molecule has 0 radical (unpaired) electrons. The average Bonchev–Trinajstić information content (AvgIpc) is 2.34. The Labute approximate surface area is 117 Å². The number of nitrogens with two attached hydrogens (primary N) is 1. The summed E-state index contributed by atoms with van der Waals surface area (Å²) in [6.45, 7) is 3.40. The van der Waals surface area contributed by atoms with Crippen LogP contribution >= 0.6 is 23.2 Å². The van der Waals surface area contributed by atoms with Crippen LogP contribution in [0.2, 0.25) is 10.0 Å². The van der Waals surface area contributed by atoms with Crippen LogP contribution in [-0.2, 0) is 4.74 Å². The Morgan fingerprint density at radius 3 is 2.67 bits per heavy atom. The van der Waals surface area contributed by atoms with E-state index in [9.17, 15) is 4.79 Å². The van der Waals surface area contributed by atoms with Gasteiger partial charge in [-0.1, -0.05) is 23.2 Å². The number of benzene rings is 1. The second-order valence-electron chi connectivity index (χ2n) is 3.74. The molecular formula is C12H16Cl2N2O2. The van der Waals surface area contributed by atoms with Crippen molar-refractivity contribution in [2.24, 2.45) is 0 Å². The molecule has 1 aromatic carbocycles. The highest BCUT2D eigenvalue weighted by Crippen LogP contribution is 2.29. The molecule has 0 saturated carbocycles. The van der Waals surface area contributed by atoms with E-state index in [0.29, 0.717) is 30.9 Å². The van der Waals surface area contributed by atoms with E-state index >= 15 is 0 Å². The molecule has 18 heavy (non-hydrogen) atoms. The fraction of sp³-hybridized carbons (Fsp3) is 0.417. The molecule has 0 unspecified atom stereocenters. The van der Waals surface area contributed by atoms with E-state index in [2.05, 4.69) is 0 Å². The summed E-state index contributed by atoms with van der Waals surface area (Å²) in [4.78, 5) is 13.9. The van der Waals surface area contributed by atoms with Gasteiger partial charge in [0.05, 0.1) is 22.2 Å². The predicted octanol–water partition coefficient (Wildman–Crippen LogP) is 2.68. The molecule has 1 amide bonds. The number of carbonyl (C=O) groups is 1. The number of hydrogen-bond acceptors (Lipinski definition) is 3. The lowest BCUT2D eigenvalue weighted by Crippen LogP contribution is -2.34. The van der Waals surface area contributed by atoms with Gasteiger partial charge in [-0.2, -0.15) is 0 Å². The van der Waals surface area contributed by atoms with Crippen molar-refractivity contribution in [1.82, 2.24) is 4.90 Å². The summed E-state index contributed by atoms with van der Waals surface area (Å²) >= 11 is 11.9. The summed E-state index contributed by atoms with van der Waals surface area (Å²) < 4.78 is 4.96. The highest BCUT2D eigenvalue weighted by molar-refractivity contribution is 6.44. The van der Waals surface area contributed by atoms with Crippen molar-refractivity contribution >= 4 is 34.8 Å². The second kappa shape index (κ2) is 6.83. The number of likely N-dealkylation sites (N-methyl/N-ethyl adjacent to an activating group) is 1. The van der Waals surface area contributed by atoms with E-state index < -0.39 is 0 Å². The first-order valence-corrected chi connectivity index (χ1v) is 6.29. The lowest BCUT2D eigenvalue weighted by atomic mass is 10.1. The minimum Gasteiger partial charge on any atom is -0.399 e. The predicted molar refractivity (Wildman–Crippen MR) is 74.3 cm³/mol. The van der Waals surface area contributed by atoms with Gasteiger partial charge in [-0.05, 0) is 19.1 Å². The zero-order chi connectivity index (χ0) is 13.7. The van der Waals surface area contributed by atoms with Gasteiger partial charge in [-0.25, -0.2) is 0 Å². The van der Waals surface area contributed by atoms with Gasteiger partial charge in [0.25, 0.3) is 5.91 Å². The molecule has 0 aliphatic heterocycles. The van der Waals surface area contributed by atoms with Gasteiger partial charge in [0.15, 0.2) is 0 Å². The molecule has 0 aliphatic carbocycles. The molecule has 0 heterocycles. The van der Waals surface area contributed by atoms with Crippen molar-refractivity contribution in [3.05, 3.63) is 27.7 Å². The molecule has 1 aromatic rings. The SMILES string of the molecule is CCN(CCOC)C(=O)c1cc(N)cc(Cl)c1Cl. The Morgan fingerprint density at radius 1 is 1.44 bits per heavy atom. The van der Waals surface area contributed by atoms with Crippen molar-refractivity contribution in [3.63, 3.8) is 0 Å². The molecule has 0 fully saturated rings. The first kappa shape index (κ1) is 15.1. The third kappa shape index (κ3) is 3.51. The van der Waals surface area contributed by atoms with Crippen LogP contribution in [0.5, 0.6) is 0 Å². The minimum atomic E-state index is -0.200. The first-order valence-electron chi connectivity index (χ1n) is 5.54. The molecule has 0 aromatic heterocycles. The molecule has 0 bridgehead atoms. The number of methoxy groups -OCH3 is 1. The molecule has 4 nitrogen and oxygen atoms in total. The lowest BCUT2D eigenvalue weighted by Gasteiger charge is -2.21. The second-order valence-corrected chi connectivity index (χ2v) is 4.53. The van der Waals surface area contributed by atoms with Crippen LogP contribution in [0, 0.1) is 0 Å². The number of nitrogen functional groups attached to an aromatic ring is 1. The van der Waals surface area contributed by atoms with E-state index in [0.717, 1.165) is 0 Å². The molecule has 0 atom stereocenters. The lowest BCUT2D eigenvalue weighted by molar-refractivity contribution is 0.0706. The van der Waals surface area contributed by atoms with E-state index in [1.54, 1.807) is 12.0 Å². The number of anilines is 1. The van der Waals surface area contributed by atoms with Crippen molar-refractivity contribution in [3.8, 4) is 0 Å². The van der Waals surface area contributed by atoms with Gasteiger partial charge in [0.2, 0.25) is 0 Å². The minimum absolute atomic E-state index is 0.200. The number of carbonyl (C=O) groups excluding carboxylic acids is 1. The summed E-state index contributed by atoms with van der Waals surface area (Å²) in [5, 5.41) is 0.509. The third-order valence-electron chi connectivity index (χ3n) is 2.52. The monoisotopic (exact) mass is 290 g/mol. The van der Waals surface area contributed by atoms with Crippen LogP contribution in [0.3, 0.4) is 0 Å². The van der Waals surface area contributed by atoms with E-state index in [1.165, 1.54) is 12.1 Å². The van der Waals surface area contributed by atoms with Crippen LogP contribution in [0.4, 0.5) is 5.69 Å². The molecule has 0 spiro atoms. The van der Waals surface area contributed by atoms with Crippen LogP contribution in [0.25, 0.3) is 0 Å². The van der Waals surface area contributed by atoms with Crippen molar-refractivity contribution in [1.29, 1.82) is 0 Å². The van der Waals surface area contributed by atoms with Gasteiger partial charge in [0, 0.05) is 25.9 Å². The number of nitrogens with zero attached hydrogens (tertiary/aromatic N) is 1. The van der Waals surface area contributed by atoms with Crippen molar-refractivity contribution < 1.29 is 9.53 Å². The Balaban J connectivity index is 3.01. The quantitative estimate of drug-likeness (QED) is 0.849. The fourth-order valence-electron chi connectivity index (χ4n) is 1.54. The maximum Gasteiger partial charge on any atom is 0.255 e. The molecular weight excluding hydrogens is 275 g/mol. The van der Waals surface area contributed by atoms with Gasteiger partial charge in [-0.3, -0.25) is 4.79 Å². The van der Waals surface area contributed by atoms with E-state index in [4.69, 9.17) is 33.7 Å². The summed E-state index contributed by atoms with van der Waals surface area (Å²) in [5.74, 6) is -0.200. The fourth-order valence-corrected chi connectivity index (χ4v) is 1.96. The molecule has 0 aliphatic rings. The van der Waals surface area contributed by atoms with Gasteiger partial charge in [0.1, 0.15) is 0 Å². The number of amides is 1. The topological polar surface area (TPSA) is 55.6 Å². The Hall–Kier alpha value is -0.970. The Kier molecular flexibility index (Phi) is 5.72. The number of hydrogen-bond donors (Lipinski definition) is 1. The zero-order valence-electron chi connectivity index (χ0n) is 10.4. The molecule has 6 heteroatoms. The highest BCUT2D eigenvalue weighted by atomic mass is 35.5. The van der Waals surface area contributed by atoms with Gasteiger partial charge >= 0.3 is 0 Å². The number of rotatable bonds is 5. The molecule has 100 valence electrons. The summed E-state index contributed by atoms with van der Waals surface area (Å²) in [5.41, 5.74) is 6.40. The van der Waals surface area contributed by atoms with Crippen LogP contribution in [-0.4, -0.2) is 37.6 Å². The third-order valence-corrected chi connectivity index (χ3v) is 3.32. The number of halogens is 2. The van der Waals surface area contributed by atoms with Crippen molar-refractivity contribution in [2.45, 2.75) is 6.92 Å². The Morgan fingerprint density at radius 2 is 2.11 bits per heavy atom. The van der Waals surface area contributed by atoms with E-state index in [1.807, 2.05) is 6.92 Å². The average molecular weight is 291 g/mol.